The quantitative estimate of drug-likeness (QED) is 0.749. The van der Waals surface area contributed by atoms with Gasteiger partial charge in [0, 0.05) is 29.6 Å². The SMILES string of the molecule is O=C(COc1ccc(Cl)cc1)NCc1ccc(-n2ccnc2)cc1. The number of imidazole rings is 1. The van der Waals surface area contributed by atoms with E-state index in [1.54, 1.807) is 36.8 Å². The minimum atomic E-state index is -0.177. The molecule has 0 aliphatic rings. The van der Waals surface area contributed by atoms with Gasteiger partial charge in [-0.3, -0.25) is 4.79 Å². The Morgan fingerprint density at radius 1 is 1.12 bits per heavy atom. The smallest absolute Gasteiger partial charge is 0.258 e. The van der Waals surface area contributed by atoms with E-state index in [1.165, 1.54) is 0 Å². The Kier molecular flexibility index (Phi) is 5.13. The number of hydrogen-bond acceptors (Lipinski definition) is 3. The molecule has 0 radical (unpaired) electrons. The van der Waals surface area contributed by atoms with Crippen LogP contribution in [0.15, 0.2) is 67.3 Å². The van der Waals surface area contributed by atoms with E-state index in [9.17, 15) is 4.79 Å². The first kappa shape index (κ1) is 16.1. The second-order valence-corrected chi connectivity index (χ2v) is 5.59. The molecule has 0 aliphatic heterocycles. The highest BCUT2D eigenvalue weighted by Crippen LogP contribution is 2.15. The van der Waals surface area contributed by atoms with Gasteiger partial charge in [0.1, 0.15) is 5.75 Å². The maximum Gasteiger partial charge on any atom is 0.258 e. The number of ether oxygens (including phenoxy) is 1. The van der Waals surface area contributed by atoms with Gasteiger partial charge in [0.2, 0.25) is 0 Å². The normalized spacial score (nSPS) is 10.4. The largest absolute Gasteiger partial charge is 0.484 e. The molecular weight excluding hydrogens is 326 g/mol. The molecule has 24 heavy (non-hydrogen) atoms. The van der Waals surface area contributed by atoms with Gasteiger partial charge in [0.15, 0.2) is 6.61 Å². The van der Waals surface area contributed by atoms with Gasteiger partial charge >= 0.3 is 0 Å². The fraction of sp³-hybridized carbons (Fsp3) is 0.111. The lowest BCUT2D eigenvalue weighted by Gasteiger charge is -2.08. The van der Waals surface area contributed by atoms with Crippen LogP contribution in [0.3, 0.4) is 0 Å². The summed E-state index contributed by atoms with van der Waals surface area (Å²) in [5, 5.41) is 3.46. The Balaban J connectivity index is 1.46. The van der Waals surface area contributed by atoms with E-state index in [0.717, 1.165) is 11.3 Å². The van der Waals surface area contributed by atoms with Gasteiger partial charge < -0.3 is 14.6 Å². The van der Waals surface area contributed by atoms with E-state index in [2.05, 4.69) is 10.3 Å². The highest BCUT2D eigenvalue weighted by molar-refractivity contribution is 6.30. The lowest BCUT2D eigenvalue weighted by atomic mass is 10.2. The van der Waals surface area contributed by atoms with Crippen LogP contribution in [-0.2, 0) is 11.3 Å². The zero-order valence-corrected chi connectivity index (χ0v) is 13.6. The Bertz CT molecular complexity index is 784. The molecule has 2 aromatic carbocycles. The standard InChI is InChI=1S/C18H16ClN3O2/c19-15-3-7-17(8-4-15)24-12-18(23)21-11-14-1-5-16(6-2-14)22-10-9-20-13-22/h1-10,13H,11-12H2,(H,21,23). The zero-order chi connectivity index (χ0) is 16.8. The van der Waals surface area contributed by atoms with E-state index in [4.69, 9.17) is 16.3 Å². The summed E-state index contributed by atoms with van der Waals surface area (Å²) in [6.45, 7) is 0.418. The van der Waals surface area contributed by atoms with Gasteiger partial charge in [-0.2, -0.15) is 0 Å². The summed E-state index contributed by atoms with van der Waals surface area (Å²) in [5.41, 5.74) is 2.03. The number of nitrogens with one attached hydrogen (secondary N) is 1. The highest BCUT2D eigenvalue weighted by atomic mass is 35.5. The summed E-state index contributed by atoms with van der Waals surface area (Å²) in [6, 6.07) is 14.8. The van der Waals surface area contributed by atoms with Gasteiger partial charge in [-0.25, -0.2) is 4.98 Å². The Morgan fingerprint density at radius 2 is 1.88 bits per heavy atom. The molecule has 0 saturated heterocycles. The fourth-order valence-electron chi connectivity index (χ4n) is 2.13. The predicted octanol–water partition coefficient (Wildman–Crippen LogP) is 3.22. The van der Waals surface area contributed by atoms with Crippen molar-refractivity contribution < 1.29 is 9.53 Å². The average molecular weight is 342 g/mol. The third kappa shape index (κ3) is 4.36. The van der Waals surface area contributed by atoms with Crippen LogP contribution in [0.5, 0.6) is 5.75 Å². The van der Waals surface area contributed by atoms with Crippen LogP contribution in [0.4, 0.5) is 0 Å². The molecule has 1 N–H and O–H groups in total. The van der Waals surface area contributed by atoms with Crippen molar-refractivity contribution in [3.63, 3.8) is 0 Å². The number of rotatable bonds is 6. The molecule has 0 spiro atoms. The van der Waals surface area contributed by atoms with Crippen molar-refractivity contribution in [2.24, 2.45) is 0 Å². The van der Waals surface area contributed by atoms with Crippen molar-refractivity contribution in [1.29, 1.82) is 0 Å². The molecule has 3 rings (SSSR count). The van der Waals surface area contributed by atoms with Crippen LogP contribution in [0, 0.1) is 0 Å². The number of hydrogen-bond donors (Lipinski definition) is 1. The van der Waals surface area contributed by atoms with E-state index in [-0.39, 0.29) is 12.5 Å². The number of amides is 1. The molecular formula is C18H16ClN3O2. The lowest BCUT2D eigenvalue weighted by molar-refractivity contribution is -0.123. The first-order valence-electron chi connectivity index (χ1n) is 7.43. The molecule has 0 fully saturated rings. The van der Waals surface area contributed by atoms with Gasteiger partial charge in [0.05, 0.1) is 6.33 Å². The third-order valence-electron chi connectivity index (χ3n) is 3.41. The average Bonchev–Trinajstić information content (AvgIpc) is 3.14. The molecule has 122 valence electrons. The highest BCUT2D eigenvalue weighted by Gasteiger charge is 2.03. The number of halogens is 1. The minimum absolute atomic E-state index is 0.0330. The molecule has 0 atom stereocenters. The Morgan fingerprint density at radius 3 is 2.54 bits per heavy atom. The second-order valence-electron chi connectivity index (χ2n) is 5.16. The molecule has 3 aromatic rings. The van der Waals surface area contributed by atoms with Crippen molar-refractivity contribution in [1.82, 2.24) is 14.9 Å². The molecule has 0 unspecified atom stereocenters. The summed E-state index contributed by atoms with van der Waals surface area (Å²) >= 11 is 5.80. The summed E-state index contributed by atoms with van der Waals surface area (Å²) in [6.07, 6.45) is 5.35. The number of carbonyl (C=O) groups is 1. The third-order valence-corrected chi connectivity index (χ3v) is 3.66. The predicted molar refractivity (Wildman–Crippen MR) is 92.4 cm³/mol. The van der Waals surface area contributed by atoms with Crippen molar-refractivity contribution in [2.45, 2.75) is 6.54 Å². The lowest BCUT2D eigenvalue weighted by Crippen LogP contribution is -2.28. The van der Waals surface area contributed by atoms with Crippen LogP contribution in [0.1, 0.15) is 5.56 Å². The fourth-order valence-corrected chi connectivity index (χ4v) is 2.26. The molecule has 0 saturated carbocycles. The maximum atomic E-state index is 11.8. The van der Waals surface area contributed by atoms with Crippen molar-refractivity contribution in [2.75, 3.05) is 6.61 Å². The van der Waals surface area contributed by atoms with Crippen molar-refractivity contribution in [3.8, 4) is 11.4 Å². The van der Waals surface area contributed by atoms with E-state index >= 15 is 0 Å². The van der Waals surface area contributed by atoms with Gasteiger partial charge in [-0.05, 0) is 42.0 Å². The Hall–Kier alpha value is -2.79. The first-order chi connectivity index (χ1) is 11.7. The second kappa shape index (κ2) is 7.66. The van der Waals surface area contributed by atoms with E-state index < -0.39 is 0 Å². The van der Waals surface area contributed by atoms with Crippen LogP contribution in [-0.4, -0.2) is 22.1 Å². The van der Waals surface area contributed by atoms with E-state index in [0.29, 0.717) is 17.3 Å². The summed E-state index contributed by atoms with van der Waals surface area (Å²) < 4.78 is 7.32. The van der Waals surface area contributed by atoms with Crippen molar-refractivity contribution in [3.05, 3.63) is 77.8 Å². The monoisotopic (exact) mass is 341 g/mol. The number of aromatic nitrogens is 2. The molecule has 5 nitrogen and oxygen atoms in total. The van der Waals surface area contributed by atoms with Crippen molar-refractivity contribution >= 4 is 17.5 Å². The minimum Gasteiger partial charge on any atom is -0.484 e. The summed E-state index contributed by atoms with van der Waals surface area (Å²) in [5.74, 6) is 0.433. The first-order valence-corrected chi connectivity index (χ1v) is 7.81. The number of carbonyl (C=O) groups excluding carboxylic acids is 1. The van der Waals surface area contributed by atoms with Crippen LogP contribution >= 0.6 is 11.6 Å². The molecule has 0 bridgehead atoms. The van der Waals surface area contributed by atoms with Crippen LogP contribution in [0.25, 0.3) is 5.69 Å². The molecule has 6 heteroatoms. The molecule has 1 amide bonds. The van der Waals surface area contributed by atoms with Gasteiger partial charge in [-0.15, -0.1) is 0 Å². The molecule has 1 heterocycles. The summed E-state index contributed by atoms with van der Waals surface area (Å²) in [4.78, 5) is 15.9. The number of benzene rings is 2. The van der Waals surface area contributed by atoms with Gasteiger partial charge in [-0.1, -0.05) is 23.7 Å². The Labute approximate surface area is 144 Å². The zero-order valence-electron chi connectivity index (χ0n) is 12.9. The van der Waals surface area contributed by atoms with Crippen LogP contribution < -0.4 is 10.1 Å². The molecule has 0 aliphatic carbocycles. The topological polar surface area (TPSA) is 56.1 Å². The number of nitrogens with zero attached hydrogens (tertiary/aromatic N) is 2. The van der Waals surface area contributed by atoms with E-state index in [1.807, 2.05) is 35.0 Å². The maximum absolute atomic E-state index is 11.8. The van der Waals surface area contributed by atoms with Crippen LogP contribution in [0.2, 0.25) is 5.02 Å². The molecule has 1 aromatic heterocycles. The van der Waals surface area contributed by atoms with Gasteiger partial charge in [0.25, 0.3) is 5.91 Å². The summed E-state index contributed by atoms with van der Waals surface area (Å²) in [7, 11) is 0.